The molecule has 2 unspecified atom stereocenters. The molecule has 0 bridgehead atoms. The third kappa shape index (κ3) is 17.1. The lowest BCUT2D eigenvalue weighted by Gasteiger charge is -2.16. The summed E-state index contributed by atoms with van der Waals surface area (Å²) in [4.78, 5) is 51.6. The van der Waals surface area contributed by atoms with Gasteiger partial charge in [-0.25, -0.2) is 9.97 Å². The van der Waals surface area contributed by atoms with Gasteiger partial charge in [0, 0.05) is 96.5 Å². The molecule has 0 spiro atoms. The molecular formula is C40H62N4O6S4-2. The molecule has 304 valence electrons. The Bertz CT molecular complexity index is 1300. The molecule has 2 saturated carbocycles. The van der Waals surface area contributed by atoms with E-state index in [1.54, 1.807) is 0 Å². The first-order valence-corrected chi connectivity index (χ1v) is 24.7. The van der Waals surface area contributed by atoms with Gasteiger partial charge in [-0.2, -0.15) is 0 Å². The van der Waals surface area contributed by atoms with E-state index in [2.05, 4.69) is 32.9 Å². The minimum Gasteiger partial charge on any atom is -0.550 e. The second kappa shape index (κ2) is 26.1. The van der Waals surface area contributed by atoms with Crippen LogP contribution in [0.2, 0.25) is 0 Å². The van der Waals surface area contributed by atoms with Crippen molar-refractivity contribution in [1.29, 1.82) is 0 Å². The molecular weight excluding hydrogens is 761 g/mol. The molecule has 2 aromatic heterocycles. The summed E-state index contributed by atoms with van der Waals surface area (Å²) in [6.45, 7) is 4.23. The van der Waals surface area contributed by atoms with Crippen LogP contribution in [0.4, 0.5) is 0 Å². The van der Waals surface area contributed by atoms with E-state index in [1.807, 2.05) is 82.3 Å². The third-order valence-corrected chi connectivity index (χ3v) is 16.9. The van der Waals surface area contributed by atoms with E-state index in [4.69, 9.17) is 0 Å². The number of aliphatic carboxylic acids is 2. The Hall–Kier alpha value is -1.90. The number of aromatic nitrogens is 4. The number of carboxylic acids is 2. The van der Waals surface area contributed by atoms with Gasteiger partial charge >= 0.3 is 0 Å². The number of carbonyl (C=O) groups is 4. The van der Waals surface area contributed by atoms with E-state index in [1.165, 1.54) is 48.6 Å². The Labute approximate surface area is 339 Å². The molecule has 2 aliphatic heterocycles. The van der Waals surface area contributed by atoms with Gasteiger partial charge < -0.3 is 28.9 Å². The first kappa shape index (κ1) is 46.5. The van der Waals surface area contributed by atoms with Crippen LogP contribution in [0.15, 0.2) is 25.0 Å². The van der Waals surface area contributed by atoms with Crippen molar-refractivity contribution in [3.8, 4) is 0 Å². The van der Waals surface area contributed by atoms with Crippen molar-refractivity contribution in [2.24, 2.45) is 37.8 Å². The molecule has 4 heterocycles. The highest BCUT2D eigenvalue weighted by Gasteiger charge is 2.34. The monoisotopic (exact) mass is 822 g/mol. The maximum absolute atomic E-state index is 11.6. The second-order valence-electron chi connectivity index (χ2n) is 14.9. The molecule has 54 heavy (non-hydrogen) atoms. The average Bonchev–Trinajstić information content (AvgIpc) is 4.01. The van der Waals surface area contributed by atoms with E-state index in [9.17, 15) is 29.4 Å². The predicted molar refractivity (Wildman–Crippen MR) is 221 cm³/mol. The Morgan fingerprint density at radius 2 is 1.09 bits per heavy atom. The topological polar surface area (TPSA) is 150 Å². The summed E-state index contributed by atoms with van der Waals surface area (Å²) in [6.07, 6.45) is 24.1. The zero-order valence-corrected chi connectivity index (χ0v) is 36.1. The summed E-state index contributed by atoms with van der Waals surface area (Å²) in [5.74, 6) is 3.28. The number of Topliss-reactive ketones (excluding diaryl/α,β-unsaturated/α-hetero) is 2. The van der Waals surface area contributed by atoms with Crippen LogP contribution >= 0.6 is 43.2 Å². The van der Waals surface area contributed by atoms with Crippen molar-refractivity contribution in [2.75, 3.05) is 11.5 Å². The molecule has 0 radical (unpaired) electrons. The first-order valence-electron chi connectivity index (χ1n) is 19.9. The van der Waals surface area contributed by atoms with Gasteiger partial charge in [0.25, 0.3) is 0 Å². The Morgan fingerprint density at radius 1 is 0.685 bits per heavy atom. The lowest BCUT2D eigenvalue weighted by atomic mass is 9.89. The van der Waals surface area contributed by atoms with Gasteiger partial charge in [-0.1, -0.05) is 69.9 Å². The van der Waals surface area contributed by atoms with E-state index in [0.717, 1.165) is 87.5 Å². The minimum absolute atomic E-state index is 0.227. The normalized spacial score (nSPS) is 24.7. The minimum atomic E-state index is -0.913. The fourth-order valence-electron chi connectivity index (χ4n) is 7.68. The number of imidazole rings is 2. The van der Waals surface area contributed by atoms with E-state index >= 15 is 0 Å². The van der Waals surface area contributed by atoms with Gasteiger partial charge in [-0.15, -0.1) is 0 Å². The number of hydrogen-bond donors (Lipinski definition) is 0. The fourth-order valence-corrected chi connectivity index (χ4v) is 13.7. The molecule has 0 N–H and O–H groups in total. The summed E-state index contributed by atoms with van der Waals surface area (Å²) in [5, 5.41) is 21.7. The number of nitrogens with zero attached hydrogens (tertiary/aromatic N) is 4. The zero-order chi connectivity index (χ0) is 39.3. The molecule has 0 aromatic carbocycles. The van der Waals surface area contributed by atoms with Crippen LogP contribution in [0.25, 0.3) is 0 Å². The number of aryl methyl sites for hydroxylation is 2. The Kier molecular flexibility index (Phi) is 22.5. The number of rotatable bonds is 16. The van der Waals surface area contributed by atoms with Crippen LogP contribution in [0.5, 0.6) is 0 Å². The Balaban J connectivity index is 0.000000195. The lowest BCUT2D eigenvalue weighted by molar-refractivity contribution is -0.307. The van der Waals surface area contributed by atoms with Crippen LogP contribution in [0.1, 0.15) is 128 Å². The fraction of sp³-hybridized carbons (Fsp3) is 0.750. The molecule has 2 aliphatic carbocycles. The predicted octanol–water partition coefficient (Wildman–Crippen LogP) is 6.84. The van der Waals surface area contributed by atoms with Crippen LogP contribution in [-0.4, -0.2) is 64.6 Å². The van der Waals surface area contributed by atoms with Crippen LogP contribution < -0.4 is 10.2 Å². The molecule has 14 heteroatoms. The first-order chi connectivity index (χ1) is 26.0. The van der Waals surface area contributed by atoms with Crippen molar-refractivity contribution in [3.05, 3.63) is 36.4 Å². The van der Waals surface area contributed by atoms with Crippen molar-refractivity contribution in [2.45, 2.75) is 140 Å². The van der Waals surface area contributed by atoms with Crippen molar-refractivity contribution in [1.82, 2.24) is 19.1 Å². The van der Waals surface area contributed by atoms with Crippen molar-refractivity contribution in [3.63, 3.8) is 0 Å². The SMILES string of the molecule is CC[C@@H]1C(=O)CC[C@@H]1Cc1cncn1C.CC[C@@H]1C(=O)CC[C@@H]1Cc1cncn1C.O=C([O-])CCCCC1CCSS1.O=C([O-])CCCCC1CCSS1. The summed E-state index contributed by atoms with van der Waals surface area (Å²) in [5.41, 5.74) is 2.49. The summed E-state index contributed by atoms with van der Waals surface area (Å²) in [6, 6.07) is 0. The number of hydrogen-bond acceptors (Lipinski definition) is 12. The lowest BCUT2D eigenvalue weighted by Crippen LogP contribution is -2.21. The maximum atomic E-state index is 11.6. The highest BCUT2D eigenvalue weighted by molar-refractivity contribution is 8.77. The molecule has 0 amide bonds. The quantitative estimate of drug-likeness (QED) is 0.129. The standard InChI is InChI=1S/2C12H18N2O.2C8H14O2S2/c2*1-3-11-9(4-5-12(11)15)6-10-7-13-8-14(10)2;2*9-8(10)4-2-1-3-7-5-6-11-12-7/h2*7-9,11H,3-6H2,1-2H3;2*7H,1-6H2,(H,9,10)/p-2/t2*9-,11+;;/m11../s1. The van der Waals surface area contributed by atoms with Gasteiger partial charge in [0.05, 0.1) is 12.7 Å². The summed E-state index contributed by atoms with van der Waals surface area (Å²) < 4.78 is 4.10. The summed E-state index contributed by atoms with van der Waals surface area (Å²) in [7, 11) is 11.8. The molecule has 2 aromatic rings. The highest BCUT2D eigenvalue weighted by Crippen LogP contribution is 2.41. The zero-order valence-electron chi connectivity index (χ0n) is 32.8. The molecule has 10 nitrogen and oxygen atoms in total. The molecule has 4 aliphatic rings. The van der Waals surface area contributed by atoms with E-state index in [0.29, 0.717) is 35.2 Å². The van der Waals surface area contributed by atoms with Crippen LogP contribution in [0, 0.1) is 23.7 Å². The number of unbranched alkanes of at least 4 members (excludes halogenated alkanes) is 2. The van der Waals surface area contributed by atoms with E-state index in [-0.39, 0.29) is 12.8 Å². The van der Waals surface area contributed by atoms with Gasteiger partial charge in [0.15, 0.2) is 0 Å². The third-order valence-electron chi connectivity index (χ3n) is 10.9. The molecule has 4 fully saturated rings. The van der Waals surface area contributed by atoms with Crippen molar-refractivity contribution >= 4 is 66.7 Å². The Morgan fingerprint density at radius 3 is 1.39 bits per heavy atom. The molecule has 6 rings (SSSR count). The number of carbonyl (C=O) groups excluding carboxylic acids is 4. The second-order valence-corrected chi connectivity index (χ2v) is 20.4. The van der Waals surface area contributed by atoms with E-state index < -0.39 is 11.9 Å². The smallest absolute Gasteiger partial charge is 0.136 e. The average molecular weight is 823 g/mol. The highest BCUT2D eigenvalue weighted by atomic mass is 33.1. The molecule has 2 saturated heterocycles. The van der Waals surface area contributed by atoms with Crippen LogP contribution in [0.3, 0.4) is 0 Å². The van der Waals surface area contributed by atoms with Gasteiger partial charge in [0.1, 0.15) is 11.6 Å². The summed E-state index contributed by atoms with van der Waals surface area (Å²) >= 11 is 0. The van der Waals surface area contributed by atoms with Gasteiger partial charge in [0.2, 0.25) is 0 Å². The van der Waals surface area contributed by atoms with Crippen LogP contribution in [-0.2, 0) is 46.1 Å². The number of carboxylic acid groups (broad SMARTS) is 2. The van der Waals surface area contributed by atoms with Gasteiger partial charge in [-0.3, -0.25) is 9.59 Å². The maximum Gasteiger partial charge on any atom is 0.136 e. The molecule has 6 atom stereocenters. The van der Waals surface area contributed by atoms with Crippen molar-refractivity contribution < 1.29 is 29.4 Å². The number of ketones is 2. The van der Waals surface area contributed by atoms with Gasteiger partial charge in [-0.05, 0) is 102 Å². The largest absolute Gasteiger partial charge is 0.550 e.